The number of aryl methyl sites for hydroxylation is 1. The highest BCUT2D eigenvalue weighted by Gasteiger charge is 2.54. The zero-order valence-electron chi connectivity index (χ0n) is 18.6. The molecule has 2 fully saturated rings. The van der Waals surface area contributed by atoms with Crippen LogP contribution in [0.25, 0.3) is 0 Å². The number of fused-ring (bicyclic) bond motifs is 1. The molecule has 2 saturated carbocycles. The second-order valence-electron chi connectivity index (χ2n) is 10.3. The summed E-state index contributed by atoms with van der Waals surface area (Å²) in [4.78, 5) is 15.0. The molecule has 2 aromatic carbocycles. The van der Waals surface area contributed by atoms with E-state index in [-0.39, 0.29) is 31.0 Å². The van der Waals surface area contributed by atoms with Crippen LogP contribution in [0.5, 0.6) is 0 Å². The van der Waals surface area contributed by atoms with E-state index in [9.17, 15) is 18.0 Å². The first-order valence-electron chi connectivity index (χ1n) is 11.5. The second-order valence-corrected chi connectivity index (χ2v) is 10.3. The van der Waals surface area contributed by atoms with Crippen molar-refractivity contribution in [1.29, 1.82) is 0 Å². The quantitative estimate of drug-likeness (QED) is 0.586. The number of nitrogens with one attached hydrogen (secondary N) is 1. The molecule has 3 nitrogen and oxygen atoms in total. The molecule has 1 amide bonds. The van der Waals surface area contributed by atoms with Crippen LogP contribution in [-0.2, 0) is 17.8 Å². The Balaban J connectivity index is 1.35. The third-order valence-electron chi connectivity index (χ3n) is 7.14. The maximum absolute atomic E-state index is 13.5. The van der Waals surface area contributed by atoms with Crippen molar-refractivity contribution in [3.05, 3.63) is 58.4 Å². The van der Waals surface area contributed by atoms with E-state index in [2.05, 4.69) is 22.3 Å². The van der Waals surface area contributed by atoms with Crippen LogP contribution in [0.15, 0.2) is 30.3 Å². The van der Waals surface area contributed by atoms with E-state index in [1.807, 2.05) is 13.0 Å². The maximum atomic E-state index is 13.5. The number of halogens is 3. The highest BCUT2D eigenvalue weighted by Crippen LogP contribution is 2.54. The topological polar surface area (TPSA) is 32.3 Å². The Bertz CT molecular complexity index is 1070. The molecular formula is C26H29F3N2O. The second kappa shape index (κ2) is 7.53. The fourth-order valence-corrected chi connectivity index (χ4v) is 5.50. The molecule has 1 heterocycles. The summed E-state index contributed by atoms with van der Waals surface area (Å²) in [5.41, 5.74) is 5.68. The van der Waals surface area contributed by atoms with Gasteiger partial charge in [-0.25, -0.2) is 13.2 Å². The van der Waals surface area contributed by atoms with Crippen molar-refractivity contribution in [3.63, 3.8) is 0 Å². The molecule has 32 heavy (non-hydrogen) atoms. The molecule has 2 aliphatic carbocycles. The number of carbonyl (C=O) groups is 1. The number of alkyl halides is 2. The van der Waals surface area contributed by atoms with Gasteiger partial charge in [-0.05, 0) is 84.0 Å². The number of carbonyl (C=O) groups excluding carboxylic acids is 1. The van der Waals surface area contributed by atoms with E-state index in [0.29, 0.717) is 5.92 Å². The number of nitrogens with zero attached hydrogens (tertiary/aromatic N) is 1. The van der Waals surface area contributed by atoms with E-state index >= 15 is 0 Å². The first-order chi connectivity index (χ1) is 15.1. The number of hydrogen-bond donors (Lipinski definition) is 1. The van der Waals surface area contributed by atoms with Crippen molar-refractivity contribution in [2.24, 2.45) is 5.41 Å². The molecule has 0 aromatic heterocycles. The Kier molecular flexibility index (Phi) is 5.02. The smallest absolute Gasteiger partial charge is 0.249 e. The standard InChI is InChI=1S/C26H29F3N2O/c1-16-9-21(31-8-7-18-10-20(27)6-5-19(18)13-31)11-22(17-3-4-17)24(16)30-23(32)12-25(2)14-26(28,29)15-25/h5-6,9-11,17H,3-4,7-8,12-15H2,1-2H3,(H,30,32). The van der Waals surface area contributed by atoms with Gasteiger partial charge in [-0.2, -0.15) is 0 Å². The van der Waals surface area contributed by atoms with Crippen molar-refractivity contribution in [1.82, 2.24) is 0 Å². The predicted molar refractivity (Wildman–Crippen MR) is 120 cm³/mol. The van der Waals surface area contributed by atoms with Crippen molar-refractivity contribution < 1.29 is 18.0 Å². The number of amides is 1. The van der Waals surface area contributed by atoms with Gasteiger partial charge < -0.3 is 10.2 Å². The van der Waals surface area contributed by atoms with E-state index < -0.39 is 11.3 Å². The average Bonchev–Trinajstić information content (AvgIpc) is 3.52. The lowest BCUT2D eigenvalue weighted by Crippen LogP contribution is -2.45. The summed E-state index contributed by atoms with van der Waals surface area (Å²) < 4.78 is 40.2. The van der Waals surface area contributed by atoms with Crippen LogP contribution < -0.4 is 10.2 Å². The van der Waals surface area contributed by atoms with Crippen LogP contribution in [0.2, 0.25) is 0 Å². The molecule has 0 spiro atoms. The molecular weight excluding hydrogens is 413 g/mol. The summed E-state index contributed by atoms with van der Waals surface area (Å²) in [5, 5.41) is 3.06. The minimum absolute atomic E-state index is 0.118. The molecule has 6 heteroatoms. The third-order valence-corrected chi connectivity index (χ3v) is 7.14. The van der Waals surface area contributed by atoms with Crippen LogP contribution in [0.4, 0.5) is 24.5 Å². The van der Waals surface area contributed by atoms with Crippen molar-refractivity contribution in [2.75, 3.05) is 16.8 Å². The lowest BCUT2D eigenvalue weighted by Gasteiger charge is -2.44. The summed E-state index contributed by atoms with van der Waals surface area (Å²) in [5.74, 6) is -2.58. The molecule has 0 radical (unpaired) electrons. The highest BCUT2D eigenvalue weighted by molar-refractivity contribution is 5.93. The largest absolute Gasteiger partial charge is 0.367 e. The monoisotopic (exact) mass is 442 g/mol. The van der Waals surface area contributed by atoms with Crippen molar-refractivity contribution in [2.45, 2.75) is 70.8 Å². The summed E-state index contributed by atoms with van der Waals surface area (Å²) >= 11 is 0. The van der Waals surface area contributed by atoms with Gasteiger partial charge >= 0.3 is 0 Å². The summed E-state index contributed by atoms with van der Waals surface area (Å²) in [6, 6.07) is 9.28. The molecule has 3 aliphatic rings. The van der Waals surface area contributed by atoms with Gasteiger partial charge in [-0.15, -0.1) is 0 Å². The van der Waals surface area contributed by atoms with Gasteiger partial charge in [-0.1, -0.05) is 13.0 Å². The van der Waals surface area contributed by atoms with Crippen LogP contribution in [0, 0.1) is 18.2 Å². The van der Waals surface area contributed by atoms with Crippen molar-refractivity contribution in [3.8, 4) is 0 Å². The zero-order valence-corrected chi connectivity index (χ0v) is 18.6. The number of benzene rings is 2. The first kappa shape index (κ1) is 21.4. The lowest BCUT2D eigenvalue weighted by molar-refractivity contribution is -0.160. The Morgan fingerprint density at radius 1 is 1.16 bits per heavy atom. The Labute approximate surface area is 187 Å². The van der Waals surface area contributed by atoms with Crippen LogP contribution in [0.1, 0.15) is 67.2 Å². The number of hydrogen-bond acceptors (Lipinski definition) is 2. The molecule has 0 bridgehead atoms. The Morgan fingerprint density at radius 2 is 1.91 bits per heavy atom. The summed E-state index contributed by atoms with van der Waals surface area (Å²) in [6.07, 6.45) is 2.66. The number of rotatable bonds is 5. The van der Waals surface area contributed by atoms with Gasteiger partial charge in [0.25, 0.3) is 0 Å². The lowest BCUT2D eigenvalue weighted by atomic mass is 9.65. The van der Waals surface area contributed by atoms with E-state index in [1.165, 1.54) is 6.07 Å². The van der Waals surface area contributed by atoms with Crippen LogP contribution in [-0.4, -0.2) is 18.4 Å². The van der Waals surface area contributed by atoms with Crippen molar-refractivity contribution >= 4 is 17.3 Å². The molecule has 1 N–H and O–H groups in total. The van der Waals surface area contributed by atoms with Gasteiger partial charge in [0.05, 0.1) is 0 Å². The van der Waals surface area contributed by atoms with Gasteiger partial charge in [0.1, 0.15) is 5.82 Å². The van der Waals surface area contributed by atoms with Gasteiger partial charge in [0.2, 0.25) is 11.8 Å². The van der Waals surface area contributed by atoms with Crippen LogP contribution in [0.3, 0.4) is 0 Å². The molecule has 2 aromatic rings. The average molecular weight is 443 g/mol. The normalized spacial score (nSPS) is 21.0. The molecule has 0 atom stereocenters. The molecule has 5 rings (SSSR count). The van der Waals surface area contributed by atoms with E-state index in [4.69, 9.17) is 0 Å². The zero-order chi connectivity index (χ0) is 22.7. The summed E-state index contributed by atoms with van der Waals surface area (Å²) in [7, 11) is 0. The first-order valence-corrected chi connectivity index (χ1v) is 11.5. The SMILES string of the molecule is Cc1cc(N2CCc3cc(F)ccc3C2)cc(C2CC2)c1NC(=O)CC1(C)CC(F)(F)C1. The number of anilines is 2. The third kappa shape index (κ3) is 4.24. The Hall–Kier alpha value is -2.50. The van der Waals surface area contributed by atoms with E-state index in [0.717, 1.165) is 66.0 Å². The maximum Gasteiger partial charge on any atom is 0.249 e. The van der Waals surface area contributed by atoms with Crippen LogP contribution >= 0.6 is 0 Å². The van der Waals surface area contributed by atoms with Gasteiger partial charge in [0.15, 0.2) is 0 Å². The minimum Gasteiger partial charge on any atom is -0.367 e. The van der Waals surface area contributed by atoms with E-state index in [1.54, 1.807) is 13.0 Å². The predicted octanol–water partition coefficient (Wildman–Crippen LogP) is 6.34. The molecule has 170 valence electrons. The van der Waals surface area contributed by atoms with Gasteiger partial charge in [-0.3, -0.25) is 4.79 Å². The molecule has 0 unspecified atom stereocenters. The minimum atomic E-state index is -2.63. The van der Waals surface area contributed by atoms with Gasteiger partial charge in [0, 0.05) is 43.7 Å². The fraction of sp³-hybridized carbons (Fsp3) is 0.500. The summed E-state index contributed by atoms with van der Waals surface area (Å²) in [6.45, 7) is 5.31. The highest BCUT2D eigenvalue weighted by atomic mass is 19.3. The molecule has 0 saturated heterocycles. The molecule has 1 aliphatic heterocycles. The fourth-order valence-electron chi connectivity index (χ4n) is 5.50. The Morgan fingerprint density at radius 3 is 2.59 bits per heavy atom.